The molecule has 0 bridgehead atoms. The average molecular weight is 374 g/mol. The molecule has 27 heavy (non-hydrogen) atoms. The maximum absolute atomic E-state index is 14.6. The quantitative estimate of drug-likeness (QED) is 0.417. The number of phenols is 2. The monoisotopic (exact) mass is 374 g/mol. The molecule has 4 aromatic carbocycles. The first-order valence-corrected chi connectivity index (χ1v) is 10.4. The van der Waals surface area contributed by atoms with Crippen LogP contribution in [0.4, 0.5) is 0 Å². The smallest absolute Gasteiger partial charge is 0.175 e. The first-order chi connectivity index (χ1) is 13.0. The molecular formula is C23H19O3P. The Morgan fingerprint density at radius 2 is 1.04 bits per heavy atom. The Hall–Kier alpha value is -3.03. The lowest BCUT2D eigenvalue weighted by Gasteiger charge is -2.24. The molecule has 0 saturated carbocycles. The van der Waals surface area contributed by atoms with Crippen molar-refractivity contribution in [1.82, 2.24) is 0 Å². The Kier molecular flexibility index (Phi) is 4.25. The van der Waals surface area contributed by atoms with Crippen molar-refractivity contribution in [2.45, 2.75) is 6.92 Å². The summed E-state index contributed by atoms with van der Waals surface area (Å²) in [6, 6.07) is 25.3. The molecule has 0 aliphatic carbocycles. The van der Waals surface area contributed by atoms with Gasteiger partial charge in [-0.3, -0.25) is 0 Å². The van der Waals surface area contributed by atoms with Crippen LogP contribution < -0.4 is 15.9 Å². The molecular weight excluding hydrogens is 355 g/mol. The summed E-state index contributed by atoms with van der Waals surface area (Å²) < 4.78 is 14.6. The predicted octanol–water partition coefficient (Wildman–Crippen LogP) is 4.20. The highest BCUT2D eigenvalue weighted by atomic mass is 31.2. The van der Waals surface area contributed by atoms with E-state index in [2.05, 4.69) is 0 Å². The van der Waals surface area contributed by atoms with Crippen LogP contribution in [-0.2, 0) is 4.57 Å². The minimum atomic E-state index is -3.39. The van der Waals surface area contributed by atoms with E-state index in [1.54, 1.807) is 55.5 Å². The second kappa shape index (κ2) is 6.61. The molecule has 4 aromatic rings. The Morgan fingerprint density at radius 1 is 0.630 bits per heavy atom. The van der Waals surface area contributed by atoms with Crippen LogP contribution in [0.2, 0.25) is 0 Å². The third-order valence-electron chi connectivity index (χ3n) is 4.93. The third-order valence-corrected chi connectivity index (χ3v) is 8.15. The van der Waals surface area contributed by atoms with Gasteiger partial charge in [-0.15, -0.1) is 0 Å². The van der Waals surface area contributed by atoms with Crippen LogP contribution in [0, 0.1) is 6.92 Å². The van der Waals surface area contributed by atoms with Gasteiger partial charge in [0, 0.05) is 26.9 Å². The van der Waals surface area contributed by atoms with E-state index in [0.29, 0.717) is 26.9 Å². The average Bonchev–Trinajstić information content (AvgIpc) is 2.73. The molecule has 0 aromatic heterocycles. The molecule has 0 radical (unpaired) electrons. The highest BCUT2D eigenvalue weighted by Crippen LogP contribution is 2.49. The normalized spacial score (nSPS) is 11.6. The molecule has 4 heteroatoms. The molecule has 0 aliphatic heterocycles. The van der Waals surface area contributed by atoms with Gasteiger partial charge in [0.2, 0.25) is 0 Å². The SMILES string of the molecule is Cc1c(P(=O)(c2ccccc2)c2ccccc2)c(O)c2ccccc2c1O. The first kappa shape index (κ1) is 17.4. The van der Waals surface area contributed by atoms with Gasteiger partial charge in [-0.25, -0.2) is 0 Å². The zero-order chi connectivity index (χ0) is 19.0. The summed E-state index contributed by atoms with van der Waals surface area (Å²) in [7, 11) is -3.39. The topological polar surface area (TPSA) is 57.5 Å². The highest BCUT2D eigenvalue weighted by molar-refractivity contribution is 7.85. The van der Waals surface area contributed by atoms with Gasteiger partial charge in [-0.05, 0) is 6.92 Å². The third kappa shape index (κ3) is 2.63. The lowest BCUT2D eigenvalue weighted by molar-refractivity contribution is 0.469. The fourth-order valence-electron chi connectivity index (χ4n) is 3.58. The number of fused-ring (bicyclic) bond motifs is 1. The summed E-state index contributed by atoms with van der Waals surface area (Å²) in [6.07, 6.45) is 0. The summed E-state index contributed by atoms with van der Waals surface area (Å²) in [4.78, 5) is 0. The summed E-state index contributed by atoms with van der Waals surface area (Å²) in [6.45, 7) is 1.70. The molecule has 0 heterocycles. The van der Waals surface area contributed by atoms with Gasteiger partial charge < -0.3 is 14.8 Å². The maximum Gasteiger partial charge on any atom is 0.175 e. The first-order valence-electron chi connectivity index (χ1n) is 8.70. The van der Waals surface area contributed by atoms with Crippen LogP contribution in [0.5, 0.6) is 11.5 Å². The lowest BCUT2D eigenvalue weighted by Crippen LogP contribution is -2.27. The van der Waals surface area contributed by atoms with E-state index >= 15 is 0 Å². The minimum absolute atomic E-state index is 0.0445. The second-order valence-corrected chi connectivity index (χ2v) is 9.20. The predicted molar refractivity (Wildman–Crippen MR) is 111 cm³/mol. The molecule has 2 N–H and O–H groups in total. The number of phenolic OH excluding ortho intramolecular Hbond substituents is 2. The van der Waals surface area contributed by atoms with Gasteiger partial charge in [-0.2, -0.15) is 0 Å². The van der Waals surface area contributed by atoms with Crippen LogP contribution in [0.1, 0.15) is 5.56 Å². The van der Waals surface area contributed by atoms with Crippen molar-refractivity contribution in [2.24, 2.45) is 0 Å². The lowest BCUT2D eigenvalue weighted by atomic mass is 10.0. The zero-order valence-electron chi connectivity index (χ0n) is 14.8. The summed E-state index contributed by atoms with van der Waals surface area (Å²) in [5, 5.41) is 24.5. The summed E-state index contributed by atoms with van der Waals surface area (Å²) in [5.74, 6) is 0.00225. The van der Waals surface area contributed by atoms with E-state index in [1.807, 2.05) is 36.4 Å². The van der Waals surface area contributed by atoms with Crippen molar-refractivity contribution >= 4 is 33.8 Å². The molecule has 0 unspecified atom stereocenters. The summed E-state index contributed by atoms with van der Waals surface area (Å²) >= 11 is 0. The van der Waals surface area contributed by atoms with Crippen LogP contribution in [-0.4, -0.2) is 10.2 Å². The molecule has 134 valence electrons. The Labute approximate surface area is 157 Å². The number of aromatic hydroxyl groups is 2. The number of rotatable bonds is 3. The molecule has 0 atom stereocenters. The Bertz CT molecular complexity index is 1130. The Balaban J connectivity index is 2.17. The molecule has 0 spiro atoms. The van der Waals surface area contributed by atoms with Gasteiger partial charge >= 0.3 is 0 Å². The van der Waals surface area contributed by atoms with Crippen LogP contribution >= 0.6 is 7.14 Å². The number of hydrogen-bond donors (Lipinski definition) is 2. The highest BCUT2D eigenvalue weighted by Gasteiger charge is 2.35. The van der Waals surface area contributed by atoms with Gasteiger partial charge in [0.1, 0.15) is 11.5 Å². The molecule has 0 fully saturated rings. The van der Waals surface area contributed by atoms with Crippen molar-refractivity contribution in [1.29, 1.82) is 0 Å². The van der Waals surface area contributed by atoms with Crippen LogP contribution in [0.3, 0.4) is 0 Å². The maximum atomic E-state index is 14.6. The minimum Gasteiger partial charge on any atom is -0.507 e. The molecule has 0 saturated heterocycles. The van der Waals surface area contributed by atoms with E-state index in [4.69, 9.17) is 0 Å². The van der Waals surface area contributed by atoms with Crippen molar-refractivity contribution < 1.29 is 14.8 Å². The van der Waals surface area contributed by atoms with Crippen molar-refractivity contribution in [2.75, 3.05) is 0 Å². The number of benzene rings is 4. The molecule has 0 amide bonds. The second-order valence-electron chi connectivity index (χ2n) is 6.50. The molecule has 4 rings (SSSR count). The zero-order valence-corrected chi connectivity index (χ0v) is 15.7. The molecule has 0 aliphatic rings. The van der Waals surface area contributed by atoms with Crippen molar-refractivity contribution in [3.05, 3.63) is 90.5 Å². The van der Waals surface area contributed by atoms with Crippen molar-refractivity contribution in [3.8, 4) is 11.5 Å². The van der Waals surface area contributed by atoms with Gasteiger partial charge in [-0.1, -0.05) is 84.9 Å². The fourth-order valence-corrected chi connectivity index (χ4v) is 6.58. The Morgan fingerprint density at radius 3 is 1.52 bits per heavy atom. The van der Waals surface area contributed by atoms with Gasteiger partial charge in [0.15, 0.2) is 7.14 Å². The fraction of sp³-hybridized carbons (Fsp3) is 0.0435. The van der Waals surface area contributed by atoms with Crippen LogP contribution in [0.15, 0.2) is 84.9 Å². The van der Waals surface area contributed by atoms with E-state index in [1.165, 1.54) is 0 Å². The summed E-state index contributed by atoms with van der Waals surface area (Å²) in [5.41, 5.74) is 0.433. The number of hydrogen-bond acceptors (Lipinski definition) is 3. The van der Waals surface area contributed by atoms with E-state index in [0.717, 1.165) is 0 Å². The molecule has 3 nitrogen and oxygen atoms in total. The largest absolute Gasteiger partial charge is 0.507 e. The van der Waals surface area contributed by atoms with Crippen LogP contribution in [0.25, 0.3) is 10.8 Å². The standard InChI is InChI=1S/C23H19O3P/c1-16-21(24)19-14-8-9-15-20(19)22(25)23(16)27(26,17-10-4-2-5-11-17)18-12-6-3-7-13-18/h2-15,24-25H,1H3. The van der Waals surface area contributed by atoms with Gasteiger partial charge in [0.05, 0.1) is 5.30 Å². The van der Waals surface area contributed by atoms with E-state index < -0.39 is 7.14 Å². The van der Waals surface area contributed by atoms with Gasteiger partial charge in [0.25, 0.3) is 0 Å². The van der Waals surface area contributed by atoms with Crippen molar-refractivity contribution in [3.63, 3.8) is 0 Å². The van der Waals surface area contributed by atoms with E-state index in [-0.39, 0.29) is 16.8 Å². The van der Waals surface area contributed by atoms with E-state index in [9.17, 15) is 14.8 Å².